The molecule has 1 saturated heterocycles. The van der Waals surface area contributed by atoms with E-state index in [1.165, 1.54) is 28.6 Å². The van der Waals surface area contributed by atoms with Gasteiger partial charge < -0.3 is 5.32 Å². The Bertz CT molecular complexity index is 898. The summed E-state index contributed by atoms with van der Waals surface area (Å²) in [5.41, 5.74) is 0.797. The molecule has 3 rings (SSSR count). The fraction of sp³-hybridized carbons (Fsp3) is 0.412. The number of amides is 1. The number of aromatic nitrogens is 1. The molecule has 0 aliphatic carbocycles. The van der Waals surface area contributed by atoms with Crippen molar-refractivity contribution in [1.29, 1.82) is 0 Å². The lowest BCUT2D eigenvalue weighted by Crippen LogP contribution is -2.39. The molecular formula is C17H20ClN3O3S2. The molecule has 0 saturated carbocycles. The van der Waals surface area contributed by atoms with Crippen LogP contribution in [0.4, 0.5) is 0 Å². The van der Waals surface area contributed by atoms with E-state index in [-0.39, 0.29) is 21.7 Å². The molecular weight excluding hydrogens is 394 g/mol. The number of sulfonamides is 1. The van der Waals surface area contributed by atoms with E-state index >= 15 is 0 Å². The third-order valence-corrected chi connectivity index (χ3v) is 7.70. The number of hydrogen-bond donors (Lipinski definition) is 1. The van der Waals surface area contributed by atoms with Gasteiger partial charge in [0.05, 0.1) is 22.3 Å². The van der Waals surface area contributed by atoms with Crippen molar-refractivity contribution >= 4 is 38.9 Å². The number of halogens is 1. The van der Waals surface area contributed by atoms with E-state index < -0.39 is 10.0 Å². The van der Waals surface area contributed by atoms with Crippen molar-refractivity contribution in [3.8, 4) is 0 Å². The molecule has 1 aromatic carbocycles. The van der Waals surface area contributed by atoms with Crippen LogP contribution in [0.3, 0.4) is 0 Å². The third-order valence-electron chi connectivity index (χ3n) is 4.28. The van der Waals surface area contributed by atoms with Gasteiger partial charge in [-0.2, -0.15) is 4.31 Å². The Balaban J connectivity index is 1.75. The lowest BCUT2D eigenvalue weighted by atomic mass is 10.0. The van der Waals surface area contributed by atoms with Crippen molar-refractivity contribution in [2.45, 2.75) is 37.1 Å². The summed E-state index contributed by atoms with van der Waals surface area (Å²) >= 11 is 7.60. The van der Waals surface area contributed by atoms with Crippen molar-refractivity contribution in [3.05, 3.63) is 45.4 Å². The molecule has 140 valence electrons. The number of nitrogens with one attached hydrogen (secondary N) is 1. The standard InChI is InChI=1S/C17H20ClN3O3S2/c1-12(22)19-9-14-11-25-17(20-14)13-5-4-8-21(10-13)26(23,24)16-7-3-2-6-15(16)18/h2-3,6-7,11,13H,4-5,8-10H2,1H3,(H,19,22). The third kappa shape index (κ3) is 4.25. The fourth-order valence-corrected chi connectivity index (χ4v) is 5.93. The highest BCUT2D eigenvalue weighted by molar-refractivity contribution is 7.89. The average Bonchev–Trinajstić information content (AvgIpc) is 3.09. The number of nitrogens with zero attached hydrogens (tertiary/aromatic N) is 2. The first-order valence-corrected chi connectivity index (χ1v) is 11.0. The molecule has 1 N–H and O–H groups in total. The van der Waals surface area contributed by atoms with Crippen LogP contribution in [0.1, 0.15) is 36.4 Å². The van der Waals surface area contributed by atoms with Gasteiger partial charge in [0.25, 0.3) is 0 Å². The average molecular weight is 414 g/mol. The highest BCUT2D eigenvalue weighted by Crippen LogP contribution is 2.33. The molecule has 1 fully saturated rings. The Kier molecular flexibility index (Phi) is 5.96. The van der Waals surface area contributed by atoms with Crippen LogP contribution < -0.4 is 5.32 Å². The van der Waals surface area contributed by atoms with Crippen molar-refractivity contribution in [2.75, 3.05) is 13.1 Å². The Hall–Kier alpha value is -1.48. The molecule has 0 bridgehead atoms. The van der Waals surface area contributed by atoms with Gasteiger partial charge in [-0.05, 0) is 25.0 Å². The van der Waals surface area contributed by atoms with Crippen LogP contribution >= 0.6 is 22.9 Å². The molecule has 26 heavy (non-hydrogen) atoms. The van der Waals surface area contributed by atoms with E-state index in [1.807, 2.05) is 5.38 Å². The lowest BCUT2D eigenvalue weighted by Gasteiger charge is -2.31. The predicted octanol–water partition coefficient (Wildman–Crippen LogP) is 3.00. The lowest BCUT2D eigenvalue weighted by molar-refractivity contribution is -0.119. The minimum absolute atomic E-state index is 0.0529. The number of piperidine rings is 1. The molecule has 2 aromatic rings. The Morgan fingerprint density at radius 1 is 1.42 bits per heavy atom. The first kappa shape index (κ1) is 19.3. The molecule has 1 aliphatic rings. The monoisotopic (exact) mass is 413 g/mol. The van der Waals surface area contributed by atoms with Gasteiger partial charge in [0.1, 0.15) is 4.90 Å². The highest BCUT2D eigenvalue weighted by atomic mass is 35.5. The Morgan fingerprint density at radius 2 is 2.19 bits per heavy atom. The van der Waals surface area contributed by atoms with E-state index in [4.69, 9.17) is 11.6 Å². The maximum atomic E-state index is 12.9. The minimum Gasteiger partial charge on any atom is -0.351 e. The van der Waals surface area contributed by atoms with E-state index in [0.717, 1.165) is 23.5 Å². The van der Waals surface area contributed by atoms with Gasteiger partial charge >= 0.3 is 0 Å². The van der Waals surface area contributed by atoms with E-state index in [9.17, 15) is 13.2 Å². The summed E-state index contributed by atoms with van der Waals surface area (Å²) in [7, 11) is -3.63. The second-order valence-electron chi connectivity index (χ2n) is 6.22. The van der Waals surface area contributed by atoms with Gasteiger partial charge in [0.15, 0.2) is 0 Å². The zero-order valence-electron chi connectivity index (χ0n) is 14.3. The van der Waals surface area contributed by atoms with E-state index in [2.05, 4.69) is 10.3 Å². The molecule has 6 nitrogen and oxygen atoms in total. The molecule has 2 heterocycles. The second-order valence-corrected chi connectivity index (χ2v) is 9.42. The van der Waals surface area contributed by atoms with Crippen molar-refractivity contribution < 1.29 is 13.2 Å². The molecule has 1 unspecified atom stereocenters. The van der Waals surface area contributed by atoms with Gasteiger partial charge in [-0.15, -0.1) is 11.3 Å². The summed E-state index contributed by atoms with van der Waals surface area (Å²) in [6.07, 6.45) is 1.66. The number of carbonyl (C=O) groups excluding carboxylic acids is 1. The molecule has 1 aliphatic heterocycles. The van der Waals surface area contributed by atoms with Gasteiger partial charge in [-0.3, -0.25) is 4.79 Å². The van der Waals surface area contributed by atoms with E-state index in [1.54, 1.807) is 18.2 Å². The predicted molar refractivity (Wildman–Crippen MR) is 102 cm³/mol. The summed E-state index contributed by atoms with van der Waals surface area (Å²) in [5, 5.41) is 5.78. The van der Waals surface area contributed by atoms with Crippen LogP contribution in [-0.4, -0.2) is 36.7 Å². The summed E-state index contributed by atoms with van der Waals surface area (Å²) in [5.74, 6) is -0.0497. The maximum Gasteiger partial charge on any atom is 0.244 e. The van der Waals surface area contributed by atoms with Crippen LogP contribution in [0, 0.1) is 0 Å². The quantitative estimate of drug-likeness (QED) is 0.817. The molecule has 0 spiro atoms. The van der Waals surface area contributed by atoms with Gasteiger partial charge in [0.2, 0.25) is 15.9 Å². The Morgan fingerprint density at radius 3 is 2.92 bits per heavy atom. The summed E-state index contributed by atoms with van der Waals surface area (Å²) in [6.45, 7) is 2.72. The smallest absolute Gasteiger partial charge is 0.244 e. The van der Waals surface area contributed by atoms with Crippen molar-refractivity contribution in [1.82, 2.24) is 14.6 Å². The van der Waals surface area contributed by atoms with Crippen LogP contribution in [0.2, 0.25) is 5.02 Å². The molecule has 0 radical (unpaired) electrons. The normalized spacial score (nSPS) is 18.6. The SMILES string of the molecule is CC(=O)NCc1csc(C2CCCN(S(=O)(=O)c3ccccc3Cl)C2)n1. The van der Waals surface area contributed by atoms with Gasteiger partial charge in [-0.25, -0.2) is 13.4 Å². The summed E-state index contributed by atoms with van der Waals surface area (Å²) in [4.78, 5) is 15.7. The van der Waals surface area contributed by atoms with Gasteiger partial charge in [-0.1, -0.05) is 23.7 Å². The summed E-state index contributed by atoms with van der Waals surface area (Å²) in [6, 6.07) is 6.52. The number of rotatable bonds is 5. The highest BCUT2D eigenvalue weighted by Gasteiger charge is 2.33. The zero-order valence-corrected chi connectivity index (χ0v) is 16.7. The topological polar surface area (TPSA) is 79.4 Å². The molecule has 1 amide bonds. The van der Waals surface area contributed by atoms with Crippen molar-refractivity contribution in [2.24, 2.45) is 0 Å². The maximum absolute atomic E-state index is 12.9. The van der Waals surface area contributed by atoms with Crippen LogP contribution in [0.15, 0.2) is 34.5 Å². The van der Waals surface area contributed by atoms with Crippen LogP contribution in [-0.2, 0) is 21.4 Å². The minimum atomic E-state index is -3.63. The van der Waals surface area contributed by atoms with Crippen molar-refractivity contribution in [3.63, 3.8) is 0 Å². The number of benzene rings is 1. The van der Waals surface area contributed by atoms with Gasteiger partial charge in [0, 0.05) is 31.3 Å². The Labute approximate surface area is 162 Å². The van der Waals surface area contributed by atoms with Crippen LogP contribution in [0.25, 0.3) is 0 Å². The molecule has 1 atom stereocenters. The largest absolute Gasteiger partial charge is 0.351 e. The number of carbonyl (C=O) groups is 1. The summed E-state index contributed by atoms with van der Waals surface area (Å²) < 4.78 is 27.4. The second kappa shape index (κ2) is 8.04. The first-order chi connectivity index (χ1) is 12.4. The van der Waals surface area contributed by atoms with E-state index in [0.29, 0.717) is 19.6 Å². The fourth-order valence-electron chi connectivity index (χ4n) is 2.96. The zero-order chi connectivity index (χ0) is 18.7. The number of thiazole rings is 1. The number of hydrogen-bond acceptors (Lipinski definition) is 5. The molecule has 1 aromatic heterocycles. The molecule has 9 heteroatoms. The van der Waals surface area contributed by atoms with Crippen LogP contribution in [0.5, 0.6) is 0 Å². The first-order valence-electron chi connectivity index (χ1n) is 8.31.